The average Bonchev–Trinajstić information content (AvgIpc) is 2.47. The van der Waals surface area contributed by atoms with Gasteiger partial charge in [0.25, 0.3) is 0 Å². The van der Waals surface area contributed by atoms with Crippen molar-refractivity contribution in [1.82, 2.24) is 0 Å². The number of nitrogens with one attached hydrogen (secondary N) is 1. The van der Waals surface area contributed by atoms with Crippen molar-refractivity contribution in [1.29, 1.82) is 0 Å². The van der Waals surface area contributed by atoms with Gasteiger partial charge in [0.15, 0.2) is 0 Å². The lowest BCUT2D eigenvalue weighted by atomic mass is 10.2. The first kappa shape index (κ1) is 16.0. The van der Waals surface area contributed by atoms with Crippen LogP contribution < -0.4 is 10.1 Å². The standard InChI is InChI=1S/C17H19Cl2NO/c1-3-13(21-14-7-4-6-12(2)10-14)11-20-16-9-5-8-15(18)17(16)19/h4-10,13,20H,3,11H2,1-2H3. The topological polar surface area (TPSA) is 21.3 Å². The smallest absolute Gasteiger partial charge is 0.120 e. The molecule has 2 aromatic rings. The third-order valence-electron chi connectivity index (χ3n) is 3.22. The molecule has 1 N–H and O–H groups in total. The van der Waals surface area contributed by atoms with Crippen LogP contribution in [0, 0.1) is 6.92 Å². The number of benzene rings is 2. The summed E-state index contributed by atoms with van der Waals surface area (Å²) >= 11 is 12.2. The molecule has 1 atom stereocenters. The SMILES string of the molecule is CCC(CNc1cccc(Cl)c1Cl)Oc1cccc(C)c1. The molecule has 21 heavy (non-hydrogen) atoms. The van der Waals surface area contributed by atoms with Gasteiger partial charge in [0, 0.05) is 0 Å². The monoisotopic (exact) mass is 323 g/mol. The van der Waals surface area contributed by atoms with Gasteiger partial charge in [-0.1, -0.05) is 48.3 Å². The van der Waals surface area contributed by atoms with E-state index in [-0.39, 0.29) is 6.10 Å². The van der Waals surface area contributed by atoms with E-state index >= 15 is 0 Å². The van der Waals surface area contributed by atoms with Crippen molar-refractivity contribution < 1.29 is 4.74 Å². The number of rotatable bonds is 6. The van der Waals surface area contributed by atoms with Gasteiger partial charge >= 0.3 is 0 Å². The second kappa shape index (κ2) is 7.58. The molecule has 0 spiro atoms. The fourth-order valence-corrected chi connectivity index (χ4v) is 2.38. The first-order valence-corrected chi connectivity index (χ1v) is 7.77. The van der Waals surface area contributed by atoms with E-state index in [9.17, 15) is 0 Å². The van der Waals surface area contributed by atoms with Gasteiger partial charge in [0.05, 0.1) is 22.3 Å². The molecule has 4 heteroatoms. The number of anilines is 1. The summed E-state index contributed by atoms with van der Waals surface area (Å²) in [5, 5.41) is 4.39. The van der Waals surface area contributed by atoms with Crippen molar-refractivity contribution >= 4 is 28.9 Å². The van der Waals surface area contributed by atoms with Crippen LogP contribution in [0.4, 0.5) is 5.69 Å². The van der Waals surface area contributed by atoms with Gasteiger partial charge < -0.3 is 10.1 Å². The maximum Gasteiger partial charge on any atom is 0.120 e. The predicted molar refractivity (Wildman–Crippen MR) is 90.8 cm³/mol. The van der Waals surface area contributed by atoms with Gasteiger partial charge in [-0.05, 0) is 43.2 Å². The highest BCUT2D eigenvalue weighted by molar-refractivity contribution is 6.43. The van der Waals surface area contributed by atoms with E-state index in [4.69, 9.17) is 27.9 Å². The van der Waals surface area contributed by atoms with E-state index in [1.807, 2.05) is 30.3 Å². The summed E-state index contributed by atoms with van der Waals surface area (Å²) in [7, 11) is 0. The quantitative estimate of drug-likeness (QED) is 0.750. The highest BCUT2D eigenvalue weighted by Gasteiger charge is 2.10. The van der Waals surface area contributed by atoms with Crippen LogP contribution in [0.15, 0.2) is 42.5 Å². The Morgan fingerprint density at radius 3 is 2.62 bits per heavy atom. The predicted octanol–water partition coefficient (Wildman–Crippen LogP) is 5.57. The van der Waals surface area contributed by atoms with Crippen LogP contribution in [0.25, 0.3) is 0 Å². The van der Waals surface area contributed by atoms with E-state index in [0.29, 0.717) is 16.6 Å². The number of halogens is 2. The molecule has 0 heterocycles. The molecular weight excluding hydrogens is 305 g/mol. The molecule has 0 fully saturated rings. The molecule has 2 nitrogen and oxygen atoms in total. The largest absolute Gasteiger partial charge is 0.489 e. The highest BCUT2D eigenvalue weighted by Crippen LogP contribution is 2.29. The summed E-state index contributed by atoms with van der Waals surface area (Å²) in [4.78, 5) is 0. The van der Waals surface area contributed by atoms with E-state index < -0.39 is 0 Å². The number of hydrogen-bond acceptors (Lipinski definition) is 2. The molecule has 0 saturated carbocycles. The molecule has 2 rings (SSSR count). The second-order valence-corrected chi connectivity index (χ2v) is 5.73. The van der Waals surface area contributed by atoms with Crippen LogP contribution in [0.3, 0.4) is 0 Å². The van der Waals surface area contributed by atoms with Crippen LogP contribution >= 0.6 is 23.2 Å². The molecule has 0 radical (unpaired) electrons. The first-order chi connectivity index (χ1) is 10.1. The van der Waals surface area contributed by atoms with E-state index in [1.165, 1.54) is 5.56 Å². The Labute approximate surface area is 136 Å². The van der Waals surface area contributed by atoms with Crippen molar-refractivity contribution in [2.45, 2.75) is 26.4 Å². The highest BCUT2D eigenvalue weighted by atomic mass is 35.5. The Hall–Kier alpha value is -1.38. The van der Waals surface area contributed by atoms with E-state index in [2.05, 4.69) is 25.2 Å². The van der Waals surface area contributed by atoms with Gasteiger partial charge in [-0.3, -0.25) is 0 Å². The minimum Gasteiger partial charge on any atom is -0.489 e. The van der Waals surface area contributed by atoms with Crippen LogP contribution in [0.2, 0.25) is 10.0 Å². The number of hydrogen-bond donors (Lipinski definition) is 1. The van der Waals surface area contributed by atoms with Crippen molar-refractivity contribution in [2.24, 2.45) is 0 Å². The lowest BCUT2D eigenvalue weighted by molar-refractivity contribution is 0.210. The van der Waals surface area contributed by atoms with Crippen molar-refractivity contribution in [3.63, 3.8) is 0 Å². The average molecular weight is 324 g/mol. The van der Waals surface area contributed by atoms with Gasteiger partial charge in [0.2, 0.25) is 0 Å². The zero-order valence-corrected chi connectivity index (χ0v) is 13.7. The van der Waals surface area contributed by atoms with Crippen molar-refractivity contribution in [3.8, 4) is 5.75 Å². The zero-order chi connectivity index (χ0) is 15.2. The Bertz CT molecular complexity index is 601. The van der Waals surface area contributed by atoms with Crippen molar-refractivity contribution in [3.05, 3.63) is 58.1 Å². The lowest BCUT2D eigenvalue weighted by Crippen LogP contribution is -2.25. The Morgan fingerprint density at radius 1 is 1.14 bits per heavy atom. The summed E-state index contributed by atoms with van der Waals surface area (Å²) in [6.07, 6.45) is 0.973. The zero-order valence-electron chi connectivity index (χ0n) is 12.2. The first-order valence-electron chi connectivity index (χ1n) is 7.01. The number of aryl methyl sites for hydroxylation is 1. The molecule has 0 saturated heterocycles. The van der Waals surface area contributed by atoms with Crippen LogP contribution in [0.1, 0.15) is 18.9 Å². The normalized spacial score (nSPS) is 12.0. The maximum atomic E-state index is 6.17. The Balaban J connectivity index is 1.98. The Kier molecular flexibility index (Phi) is 5.77. The van der Waals surface area contributed by atoms with Crippen LogP contribution in [0.5, 0.6) is 5.75 Å². The van der Waals surface area contributed by atoms with E-state index in [1.54, 1.807) is 6.07 Å². The third-order valence-corrected chi connectivity index (χ3v) is 4.04. The van der Waals surface area contributed by atoms with Gasteiger partial charge in [-0.2, -0.15) is 0 Å². The molecule has 112 valence electrons. The minimum absolute atomic E-state index is 0.0712. The molecule has 0 aliphatic heterocycles. The van der Waals surface area contributed by atoms with Gasteiger partial charge in [0.1, 0.15) is 11.9 Å². The Morgan fingerprint density at radius 2 is 1.90 bits per heavy atom. The molecule has 0 amide bonds. The molecular formula is C17H19Cl2NO. The summed E-state index contributed by atoms with van der Waals surface area (Å²) in [6.45, 7) is 4.82. The number of ether oxygens (including phenoxy) is 1. The fourth-order valence-electron chi connectivity index (χ4n) is 2.01. The molecule has 2 aromatic carbocycles. The van der Waals surface area contributed by atoms with Crippen molar-refractivity contribution in [2.75, 3.05) is 11.9 Å². The lowest BCUT2D eigenvalue weighted by Gasteiger charge is -2.19. The summed E-state index contributed by atoms with van der Waals surface area (Å²) < 4.78 is 6.00. The van der Waals surface area contributed by atoms with E-state index in [0.717, 1.165) is 17.9 Å². The maximum absolute atomic E-state index is 6.17. The second-order valence-electron chi connectivity index (χ2n) is 4.95. The molecule has 0 aliphatic rings. The summed E-state index contributed by atoms with van der Waals surface area (Å²) in [5.41, 5.74) is 2.02. The molecule has 0 bridgehead atoms. The van der Waals surface area contributed by atoms with Gasteiger partial charge in [-0.15, -0.1) is 0 Å². The molecule has 0 aromatic heterocycles. The molecule has 1 unspecified atom stereocenters. The fraction of sp³-hybridized carbons (Fsp3) is 0.294. The molecule has 0 aliphatic carbocycles. The summed E-state index contributed by atoms with van der Waals surface area (Å²) in [6, 6.07) is 13.6. The minimum atomic E-state index is 0.0712. The van der Waals surface area contributed by atoms with Crippen LogP contribution in [-0.4, -0.2) is 12.6 Å². The van der Waals surface area contributed by atoms with Crippen LogP contribution in [-0.2, 0) is 0 Å². The summed E-state index contributed by atoms with van der Waals surface area (Å²) in [5.74, 6) is 0.890. The van der Waals surface area contributed by atoms with Gasteiger partial charge in [-0.25, -0.2) is 0 Å². The third kappa shape index (κ3) is 4.55.